The van der Waals surface area contributed by atoms with Gasteiger partial charge in [0.05, 0.1) is 10.5 Å². The summed E-state index contributed by atoms with van der Waals surface area (Å²) in [6, 6.07) is 9.34. The van der Waals surface area contributed by atoms with Gasteiger partial charge < -0.3 is 9.80 Å². The summed E-state index contributed by atoms with van der Waals surface area (Å²) in [5.41, 5.74) is -0.362. The molecule has 0 saturated carbocycles. The van der Waals surface area contributed by atoms with Gasteiger partial charge in [0.2, 0.25) is 10.0 Å². The van der Waals surface area contributed by atoms with Crippen LogP contribution in [0.15, 0.2) is 47.4 Å². The third-order valence-electron chi connectivity index (χ3n) is 7.01. The van der Waals surface area contributed by atoms with E-state index in [9.17, 15) is 26.0 Å². The minimum absolute atomic E-state index is 0.0233. The first-order valence-electron chi connectivity index (χ1n) is 12.1. The highest BCUT2D eigenvalue weighted by atomic mass is 32.2. The maximum absolute atomic E-state index is 13.5. The van der Waals surface area contributed by atoms with Crippen molar-refractivity contribution < 1.29 is 26.0 Å². The van der Waals surface area contributed by atoms with E-state index in [2.05, 4.69) is 23.6 Å². The second-order valence-electron chi connectivity index (χ2n) is 9.68. The fourth-order valence-corrected chi connectivity index (χ4v) is 6.65. The van der Waals surface area contributed by atoms with Crippen LogP contribution >= 0.6 is 0 Å². The average molecular weight is 529 g/mol. The largest absolute Gasteiger partial charge is 0.418 e. The average Bonchev–Trinajstić information content (AvgIpc) is 2.83. The Balaban J connectivity index is 1.51. The summed E-state index contributed by atoms with van der Waals surface area (Å²) in [5.74, 6) is -0.967. The Morgan fingerprint density at radius 1 is 0.917 bits per heavy atom. The highest BCUT2D eigenvalue weighted by molar-refractivity contribution is 7.89. The number of piperazine rings is 2. The molecule has 0 unspecified atom stereocenters. The molecule has 0 amide bonds. The zero-order valence-corrected chi connectivity index (χ0v) is 21.5. The molecule has 198 valence electrons. The van der Waals surface area contributed by atoms with Crippen molar-refractivity contribution in [3.8, 4) is 0 Å². The summed E-state index contributed by atoms with van der Waals surface area (Å²) in [4.78, 5) is 6.20. The lowest BCUT2D eigenvalue weighted by Crippen LogP contribution is -2.54. The zero-order valence-electron chi connectivity index (χ0n) is 20.7. The number of benzene rings is 2. The zero-order chi connectivity index (χ0) is 26.3. The summed E-state index contributed by atoms with van der Waals surface area (Å²) in [7, 11) is -3.86. The molecule has 6 nitrogen and oxygen atoms in total. The number of hydrogen-bond donors (Lipinski definition) is 0. The molecule has 2 saturated heterocycles. The van der Waals surface area contributed by atoms with Crippen LogP contribution in [-0.4, -0.2) is 75.5 Å². The summed E-state index contributed by atoms with van der Waals surface area (Å²) in [6.45, 7) is 9.54. The first kappa shape index (κ1) is 26.7. The summed E-state index contributed by atoms with van der Waals surface area (Å²) in [6.07, 6.45) is -4.72. The van der Waals surface area contributed by atoms with Gasteiger partial charge in [-0.1, -0.05) is 6.07 Å². The van der Waals surface area contributed by atoms with E-state index in [0.29, 0.717) is 12.1 Å². The molecule has 2 aromatic rings. The predicted molar refractivity (Wildman–Crippen MR) is 132 cm³/mol. The molecule has 2 heterocycles. The van der Waals surface area contributed by atoms with Crippen molar-refractivity contribution in [2.75, 3.05) is 55.6 Å². The molecule has 2 aliphatic rings. The van der Waals surface area contributed by atoms with Gasteiger partial charge in [0.15, 0.2) is 0 Å². The van der Waals surface area contributed by atoms with E-state index in [1.807, 2.05) is 6.07 Å². The second kappa shape index (κ2) is 10.2. The molecule has 2 fully saturated rings. The number of sulfonamides is 1. The Kier molecular flexibility index (Phi) is 7.55. The van der Waals surface area contributed by atoms with Gasteiger partial charge in [-0.15, -0.1) is 0 Å². The van der Waals surface area contributed by atoms with Gasteiger partial charge in [0.1, 0.15) is 5.82 Å². The first-order chi connectivity index (χ1) is 16.9. The molecule has 0 N–H and O–H groups in total. The van der Waals surface area contributed by atoms with E-state index < -0.39 is 33.6 Å². The van der Waals surface area contributed by atoms with Gasteiger partial charge >= 0.3 is 6.18 Å². The van der Waals surface area contributed by atoms with Gasteiger partial charge in [-0.2, -0.15) is 17.5 Å². The van der Waals surface area contributed by atoms with Crippen LogP contribution in [0.2, 0.25) is 0 Å². The Hall–Kier alpha value is -2.37. The normalized spacial score (nSPS) is 20.8. The third-order valence-corrected chi connectivity index (χ3v) is 9.01. The van der Waals surface area contributed by atoms with E-state index in [1.54, 1.807) is 25.1 Å². The van der Waals surface area contributed by atoms with Crippen molar-refractivity contribution in [2.45, 2.75) is 43.9 Å². The number of anilines is 2. The van der Waals surface area contributed by atoms with Crippen LogP contribution in [0.25, 0.3) is 0 Å². The molecule has 0 aromatic heterocycles. The van der Waals surface area contributed by atoms with Crippen LogP contribution in [0.3, 0.4) is 0 Å². The lowest BCUT2D eigenvalue weighted by molar-refractivity contribution is -0.137. The molecule has 0 spiro atoms. The molecule has 36 heavy (non-hydrogen) atoms. The van der Waals surface area contributed by atoms with E-state index in [-0.39, 0.29) is 30.2 Å². The fourth-order valence-electron chi connectivity index (χ4n) is 5.00. The van der Waals surface area contributed by atoms with Gasteiger partial charge in [-0.05, 0) is 57.2 Å². The quantitative estimate of drug-likeness (QED) is 0.543. The Morgan fingerprint density at radius 3 is 2.19 bits per heavy atom. The van der Waals surface area contributed by atoms with Crippen molar-refractivity contribution in [1.82, 2.24) is 9.21 Å². The van der Waals surface area contributed by atoms with Crippen molar-refractivity contribution in [2.24, 2.45) is 0 Å². The van der Waals surface area contributed by atoms with E-state index in [1.165, 1.54) is 9.21 Å². The maximum Gasteiger partial charge on any atom is 0.418 e. The highest BCUT2D eigenvalue weighted by Crippen LogP contribution is 2.38. The minimum atomic E-state index is -4.72. The number of nitrogens with zero attached hydrogens (tertiary/aromatic N) is 4. The predicted octanol–water partition coefficient (Wildman–Crippen LogP) is 4.27. The van der Waals surface area contributed by atoms with Crippen LogP contribution < -0.4 is 9.80 Å². The van der Waals surface area contributed by atoms with Crippen LogP contribution in [0.4, 0.5) is 28.9 Å². The van der Waals surface area contributed by atoms with Crippen LogP contribution in [0.1, 0.15) is 26.3 Å². The molecule has 0 radical (unpaired) electrons. The summed E-state index contributed by atoms with van der Waals surface area (Å²) in [5, 5.41) is 0. The topological polar surface area (TPSA) is 47.1 Å². The Bertz CT molecular complexity index is 1180. The van der Waals surface area contributed by atoms with Crippen LogP contribution in [0.5, 0.6) is 0 Å². The minimum Gasteiger partial charge on any atom is -0.369 e. The van der Waals surface area contributed by atoms with Crippen molar-refractivity contribution >= 4 is 21.4 Å². The lowest BCUT2D eigenvalue weighted by Gasteiger charge is -2.41. The molecule has 0 bridgehead atoms. The molecular formula is C25H32F4N4O2S. The van der Waals surface area contributed by atoms with Crippen molar-refractivity contribution in [3.05, 3.63) is 53.8 Å². The molecule has 2 aromatic carbocycles. The SMILES string of the molecule is CC(C)N1CCN(c2cccc(S(=O)(=O)N3CCN(c4ccc(F)cc4C(F)(F)F)C[C@H]3C)c2)CC1. The van der Waals surface area contributed by atoms with E-state index >= 15 is 0 Å². The highest BCUT2D eigenvalue weighted by Gasteiger charge is 2.39. The van der Waals surface area contributed by atoms with Crippen molar-refractivity contribution in [3.63, 3.8) is 0 Å². The molecule has 2 aliphatic heterocycles. The summed E-state index contributed by atoms with van der Waals surface area (Å²) < 4.78 is 82.5. The first-order valence-corrected chi connectivity index (χ1v) is 13.5. The smallest absolute Gasteiger partial charge is 0.369 e. The monoisotopic (exact) mass is 528 g/mol. The van der Waals surface area contributed by atoms with Gasteiger partial charge in [-0.25, -0.2) is 12.8 Å². The molecule has 11 heteroatoms. The van der Waals surface area contributed by atoms with Gasteiger partial charge in [-0.3, -0.25) is 4.90 Å². The Labute approximate surface area is 210 Å². The van der Waals surface area contributed by atoms with Crippen LogP contribution in [-0.2, 0) is 16.2 Å². The number of alkyl halides is 3. The van der Waals surface area contributed by atoms with E-state index in [4.69, 9.17) is 0 Å². The molecular weight excluding hydrogens is 496 g/mol. The van der Waals surface area contributed by atoms with Crippen LogP contribution in [0, 0.1) is 5.82 Å². The number of halogens is 4. The lowest BCUT2D eigenvalue weighted by atomic mass is 10.1. The van der Waals surface area contributed by atoms with E-state index in [0.717, 1.165) is 44.0 Å². The van der Waals surface area contributed by atoms with Gasteiger partial charge in [0, 0.05) is 69.3 Å². The standard InChI is InChI=1S/C25H32F4N4O2S/c1-18(2)30-9-11-31(12-10-30)21-5-4-6-22(16-21)36(34,35)33-14-13-32(17-19(33)3)24-8-7-20(26)15-23(24)25(27,28)29/h4-8,15-16,18-19H,9-14,17H2,1-3H3/t19-/m1/s1. The third kappa shape index (κ3) is 5.47. The fraction of sp³-hybridized carbons (Fsp3) is 0.520. The van der Waals surface area contributed by atoms with Crippen molar-refractivity contribution in [1.29, 1.82) is 0 Å². The molecule has 1 atom stereocenters. The molecule has 4 rings (SSSR count). The number of rotatable bonds is 5. The molecule has 0 aliphatic carbocycles. The maximum atomic E-state index is 13.5. The number of hydrogen-bond acceptors (Lipinski definition) is 5. The van der Waals surface area contributed by atoms with Gasteiger partial charge in [0.25, 0.3) is 0 Å². The Morgan fingerprint density at radius 2 is 1.58 bits per heavy atom. The summed E-state index contributed by atoms with van der Waals surface area (Å²) >= 11 is 0. The second-order valence-corrected chi connectivity index (χ2v) is 11.6.